The summed E-state index contributed by atoms with van der Waals surface area (Å²) in [7, 11) is 0. The SMILES string of the molecule is CC(C)(C)OC1CCCCCCCCCCC1N. The molecule has 18 heavy (non-hydrogen) atoms. The van der Waals surface area contributed by atoms with Gasteiger partial charge in [0, 0.05) is 6.04 Å². The average Bonchev–Trinajstić information content (AvgIpc) is 2.26. The molecular weight excluding hydrogens is 222 g/mol. The van der Waals surface area contributed by atoms with Gasteiger partial charge in [0.15, 0.2) is 0 Å². The maximum absolute atomic E-state index is 6.34. The predicted octanol–water partition coefficient (Wildman–Crippen LogP) is 4.41. The fraction of sp³-hybridized carbons (Fsp3) is 1.00. The first-order valence-electron chi connectivity index (χ1n) is 7.92. The summed E-state index contributed by atoms with van der Waals surface area (Å²) in [5.74, 6) is 0. The van der Waals surface area contributed by atoms with Crippen LogP contribution in [0.15, 0.2) is 0 Å². The van der Waals surface area contributed by atoms with E-state index in [0.717, 1.165) is 12.8 Å². The van der Waals surface area contributed by atoms with Crippen LogP contribution in [0.2, 0.25) is 0 Å². The van der Waals surface area contributed by atoms with Gasteiger partial charge in [0.2, 0.25) is 0 Å². The summed E-state index contributed by atoms with van der Waals surface area (Å²) in [6, 6.07) is 0.226. The molecule has 0 aromatic heterocycles. The monoisotopic (exact) mass is 255 g/mol. The molecule has 0 aromatic rings. The first kappa shape index (κ1) is 16.0. The number of hydrogen-bond acceptors (Lipinski definition) is 2. The summed E-state index contributed by atoms with van der Waals surface area (Å²) in [4.78, 5) is 0. The molecule has 0 saturated heterocycles. The molecule has 0 aromatic carbocycles. The fourth-order valence-corrected chi connectivity index (χ4v) is 2.79. The van der Waals surface area contributed by atoms with Crippen molar-refractivity contribution in [2.45, 2.75) is 103 Å². The Bertz CT molecular complexity index is 210. The fourth-order valence-electron chi connectivity index (χ4n) is 2.79. The van der Waals surface area contributed by atoms with Gasteiger partial charge < -0.3 is 10.5 Å². The van der Waals surface area contributed by atoms with Crippen LogP contribution >= 0.6 is 0 Å². The van der Waals surface area contributed by atoms with Gasteiger partial charge >= 0.3 is 0 Å². The minimum Gasteiger partial charge on any atom is -0.371 e. The molecule has 1 fully saturated rings. The second-order valence-electron chi connectivity index (χ2n) is 6.84. The van der Waals surface area contributed by atoms with Crippen LogP contribution in [-0.4, -0.2) is 17.7 Å². The van der Waals surface area contributed by atoms with E-state index in [4.69, 9.17) is 10.5 Å². The molecule has 2 N–H and O–H groups in total. The summed E-state index contributed by atoms with van der Waals surface area (Å²) in [5.41, 5.74) is 6.27. The Labute approximate surface area is 114 Å². The molecule has 1 saturated carbocycles. The Hall–Kier alpha value is -0.0800. The Kier molecular flexibility index (Phi) is 7.25. The molecule has 2 nitrogen and oxygen atoms in total. The van der Waals surface area contributed by atoms with Crippen LogP contribution in [0.25, 0.3) is 0 Å². The third kappa shape index (κ3) is 7.38. The molecule has 2 unspecified atom stereocenters. The summed E-state index contributed by atoms with van der Waals surface area (Å²) in [6.45, 7) is 6.40. The molecule has 0 amide bonds. The van der Waals surface area contributed by atoms with Crippen LogP contribution in [0.1, 0.15) is 85.0 Å². The lowest BCUT2D eigenvalue weighted by Crippen LogP contribution is -2.41. The van der Waals surface area contributed by atoms with Gasteiger partial charge in [0.05, 0.1) is 11.7 Å². The molecule has 0 spiro atoms. The van der Waals surface area contributed by atoms with E-state index >= 15 is 0 Å². The first-order chi connectivity index (χ1) is 8.49. The quantitative estimate of drug-likeness (QED) is 0.753. The molecule has 0 heterocycles. The second-order valence-corrected chi connectivity index (χ2v) is 6.84. The van der Waals surface area contributed by atoms with Gasteiger partial charge in [-0.15, -0.1) is 0 Å². The zero-order valence-electron chi connectivity index (χ0n) is 12.7. The van der Waals surface area contributed by atoms with Gasteiger partial charge in [-0.1, -0.05) is 51.4 Å². The van der Waals surface area contributed by atoms with E-state index in [1.807, 2.05) is 0 Å². The van der Waals surface area contributed by atoms with Gasteiger partial charge in [-0.05, 0) is 33.6 Å². The normalized spacial score (nSPS) is 29.3. The molecular formula is C16H33NO. The molecule has 1 aliphatic rings. The Balaban J connectivity index is 2.47. The van der Waals surface area contributed by atoms with E-state index in [2.05, 4.69) is 20.8 Å². The highest BCUT2D eigenvalue weighted by atomic mass is 16.5. The lowest BCUT2D eigenvalue weighted by molar-refractivity contribution is -0.0753. The van der Waals surface area contributed by atoms with Gasteiger partial charge in [0.25, 0.3) is 0 Å². The zero-order valence-corrected chi connectivity index (χ0v) is 12.7. The van der Waals surface area contributed by atoms with E-state index in [0.29, 0.717) is 0 Å². The first-order valence-corrected chi connectivity index (χ1v) is 7.92. The second kappa shape index (κ2) is 8.16. The Morgan fingerprint density at radius 2 is 1.22 bits per heavy atom. The van der Waals surface area contributed by atoms with E-state index in [1.165, 1.54) is 51.4 Å². The largest absolute Gasteiger partial charge is 0.371 e. The van der Waals surface area contributed by atoms with Gasteiger partial charge in [0.1, 0.15) is 0 Å². The van der Waals surface area contributed by atoms with Gasteiger partial charge in [-0.25, -0.2) is 0 Å². The summed E-state index contributed by atoms with van der Waals surface area (Å²) in [6.07, 6.45) is 13.3. The van der Waals surface area contributed by atoms with E-state index in [9.17, 15) is 0 Å². The highest BCUT2D eigenvalue weighted by molar-refractivity contribution is 4.77. The van der Waals surface area contributed by atoms with E-state index < -0.39 is 0 Å². The summed E-state index contributed by atoms with van der Waals surface area (Å²) in [5, 5.41) is 0. The third-order valence-electron chi connectivity index (χ3n) is 3.76. The van der Waals surface area contributed by atoms with Crippen molar-refractivity contribution in [1.82, 2.24) is 0 Å². The van der Waals surface area contributed by atoms with Crippen LogP contribution in [0, 0.1) is 0 Å². The Morgan fingerprint density at radius 1 is 0.778 bits per heavy atom. The van der Waals surface area contributed by atoms with Crippen LogP contribution < -0.4 is 5.73 Å². The van der Waals surface area contributed by atoms with E-state index in [-0.39, 0.29) is 17.7 Å². The molecule has 0 radical (unpaired) electrons. The van der Waals surface area contributed by atoms with Crippen molar-refractivity contribution >= 4 is 0 Å². The number of ether oxygens (including phenoxy) is 1. The molecule has 2 atom stereocenters. The van der Waals surface area contributed by atoms with Crippen molar-refractivity contribution in [2.24, 2.45) is 5.73 Å². The minimum atomic E-state index is -0.0701. The maximum Gasteiger partial charge on any atom is 0.0733 e. The standard InChI is InChI=1S/C16H33NO/c1-16(2,3)18-15-13-11-9-7-5-4-6-8-10-12-14(15)17/h14-15H,4-13,17H2,1-3H3. The number of nitrogens with two attached hydrogens (primary N) is 1. The van der Waals surface area contributed by atoms with E-state index in [1.54, 1.807) is 0 Å². The number of rotatable bonds is 1. The molecule has 108 valence electrons. The van der Waals surface area contributed by atoms with Crippen LogP contribution in [0.4, 0.5) is 0 Å². The van der Waals surface area contributed by atoms with Crippen molar-refractivity contribution in [3.63, 3.8) is 0 Å². The summed E-state index contributed by atoms with van der Waals surface area (Å²) < 4.78 is 6.17. The Morgan fingerprint density at radius 3 is 1.72 bits per heavy atom. The van der Waals surface area contributed by atoms with Crippen molar-refractivity contribution in [1.29, 1.82) is 0 Å². The highest BCUT2D eigenvalue weighted by Gasteiger charge is 2.24. The van der Waals surface area contributed by atoms with Crippen LogP contribution in [-0.2, 0) is 4.74 Å². The zero-order chi connectivity index (χ0) is 13.4. The molecule has 0 aliphatic heterocycles. The topological polar surface area (TPSA) is 35.2 Å². The van der Waals surface area contributed by atoms with Crippen molar-refractivity contribution < 1.29 is 4.74 Å². The lowest BCUT2D eigenvalue weighted by atomic mass is 9.95. The van der Waals surface area contributed by atoms with Crippen LogP contribution in [0.3, 0.4) is 0 Å². The summed E-state index contributed by atoms with van der Waals surface area (Å²) >= 11 is 0. The molecule has 1 aliphatic carbocycles. The van der Waals surface area contributed by atoms with Gasteiger partial charge in [-0.3, -0.25) is 0 Å². The van der Waals surface area contributed by atoms with Crippen molar-refractivity contribution in [2.75, 3.05) is 0 Å². The van der Waals surface area contributed by atoms with Crippen LogP contribution in [0.5, 0.6) is 0 Å². The lowest BCUT2D eigenvalue weighted by Gasteiger charge is -2.32. The van der Waals surface area contributed by atoms with Crippen molar-refractivity contribution in [3.8, 4) is 0 Å². The highest BCUT2D eigenvalue weighted by Crippen LogP contribution is 2.22. The third-order valence-corrected chi connectivity index (χ3v) is 3.76. The predicted molar refractivity (Wildman–Crippen MR) is 78.8 cm³/mol. The molecule has 1 rings (SSSR count). The molecule has 2 heteroatoms. The average molecular weight is 255 g/mol. The van der Waals surface area contributed by atoms with Crippen molar-refractivity contribution in [3.05, 3.63) is 0 Å². The molecule has 0 bridgehead atoms. The maximum atomic E-state index is 6.34. The number of hydrogen-bond donors (Lipinski definition) is 1. The minimum absolute atomic E-state index is 0.0701. The van der Waals surface area contributed by atoms with Gasteiger partial charge in [-0.2, -0.15) is 0 Å². The smallest absolute Gasteiger partial charge is 0.0733 e.